The molecule has 1 saturated carbocycles. The molecule has 0 spiro atoms. The molecule has 1 aromatic rings. The zero-order valence-corrected chi connectivity index (χ0v) is 15.6. The molecular formula is C20H22N2O6. The highest BCUT2D eigenvalue weighted by atomic mass is 16.5. The monoisotopic (exact) mass is 386 g/mol. The van der Waals surface area contributed by atoms with Gasteiger partial charge in [-0.1, -0.05) is 31.0 Å². The van der Waals surface area contributed by atoms with E-state index >= 15 is 0 Å². The number of ether oxygens (including phenoxy) is 1. The summed E-state index contributed by atoms with van der Waals surface area (Å²) in [4.78, 5) is 62.0. The predicted octanol–water partition coefficient (Wildman–Crippen LogP) is 1.05. The highest BCUT2D eigenvalue weighted by Gasteiger charge is 2.51. The maximum absolute atomic E-state index is 12.5. The smallest absolute Gasteiger partial charge is 0.329 e. The van der Waals surface area contributed by atoms with E-state index in [-0.39, 0.29) is 23.7 Å². The maximum Gasteiger partial charge on any atom is 0.329 e. The predicted molar refractivity (Wildman–Crippen MR) is 96.6 cm³/mol. The first-order valence-electron chi connectivity index (χ1n) is 9.33. The lowest BCUT2D eigenvalue weighted by molar-refractivity contribution is -0.159. The van der Waals surface area contributed by atoms with Gasteiger partial charge in [0.15, 0.2) is 6.61 Å². The minimum absolute atomic E-state index is 0.298. The molecule has 2 aliphatic rings. The first-order chi connectivity index (χ1) is 13.4. The van der Waals surface area contributed by atoms with E-state index in [1.54, 1.807) is 30.3 Å². The van der Waals surface area contributed by atoms with Gasteiger partial charge >= 0.3 is 5.97 Å². The Hall–Kier alpha value is -3.03. The number of likely N-dealkylation sites (tertiary alicyclic amines) is 1. The van der Waals surface area contributed by atoms with Crippen molar-refractivity contribution in [1.82, 2.24) is 10.2 Å². The van der Waals surface area contributed by atoms with Crippen molar-refractivity contribution in [3.63, 3.8) is 0 Å². The summed E-state index contributed by atoms with van der Waals surface area (Å²) in [6.45, 7) is 0.729. The highest BCUT2D eigenvalue weighted by molar-refractivity contribution is 6.08. The van der Waals surface area contributed by atoms with Gasteiger partial charge in [-0.2, -0.15) is 0 Å². The van der Waals surface area contributed by atoms with Crippen molar-refractivity contribution in [2.75, 3.05) is 6.61 Å². The van der Waals surface area contributed by atoms with Crippen molar-refractivity contribution in [1.29, 1.82) is 0 Å². The lowest BCUT2D eigenvalue weighted by atomic mass is 9.81. The van der Waals surface area contributed by atoms with Gasteiger partial charge in [-0.25, -0.2) is 4.79 Å². The molecule has 1 aliphatic carbocycles. The number of hydrogen-bond donors (Lipinski definition) is 1. The van der Waals surface area contributed by atoms with Crippen LogP contribution in [0.5, 0.6) is 0 Å². The molecule has 0 radical (unpaired) electrons. The van der Waals surface area contributed by atoms with E-state index in [0.29, 0.717) is 18.4 Å². The summed E-state index contributed by atoms with van der Waals surface area (Å²) in [5, 5.41) is 2.12. The summed E-state index contributed by atoms with van der Waals surface area (Å²) in [5.41, 5.74) is 0.298. The van der Waals surface area contributed by atoms with Crippen LogP contribution in [0.3, 0.4) is 0 Å². The second-order valence-electron chi connectivity index (χ2n) is 7.07. The number of hydrogen-bond acceptors (Lipinski definition) is 6. The number of fused-ring (bicyclic) bond motifs is 1. The Balaban J connectivity index is 1.53. The van der Waals surface area contributed by atoms with Gasteiger partial charge in [0.05, 0.1) is 11.8 Å². The van der Waals surface area contributed by atoms with Crippen LogP contribution in [0, 0.1) is 11.8 Å². The topological polar surface area (TPSA) is 110 Å². The quantitative estimate of drug-likeness (QED) is 0.598. The first kappa shape index (κ1) is 19.7. The zero-order chi connectivity index (χ0) is 20.3. The van der Waals surface area contributed by atoms with Gasteiger partial charge in [-0.3, -0.25) is 29.4 Å². The fourth-order valence-corrected chi connectivity index (χ4v) is 3.76. The lowest BCUT2D eigenvalue weighted by Crippen LogP contribution is -2.45. The van der Waals surface area contributed by atoms with Crippen LogP contribution in [0.4, 0.5) is 0 Å². The Bertz CT molecular complexity index is 782. The Labute approximate surface area is 162 Å². The molecule has 3 atom stereocenters. The van der Waals surface area contributed by atoms with E-state index in [4.69, 9.17) is 4.74 Å². The molecule has 8 heteroatoms. The van der Waals surface area contributed by atoms with E-state index in [1.165, 1.54) is 6.92 Å². The molecule has 1 saturated heterocycles. The zero-order valence-electron chi connectivity index (χ0n) is 15.6. The number of nitrogens with one attached hydrogen (secondary N) is 1. The molecule has 0 unspecified atom stereocenters. The number of benzene rings is 1. The van der Waals surface area contributed by atoms with Gasteiger partial charge in [0.2, 0.25) is 11.8 Å². The fourth-order valence-electron chi connectivity index (χ4n) is 3.76. The Morgan fingerprint density at radius 2 is 1.64 bits per heavy atom. The Morgan fingerprint density at radius 3 is 2.21 bits per heavy atom. The summed E-state index contributed by atoms with van der Waals surface area (Å²) >= 11 is 0. The van der Waals surface area contributed by atoms with Gasteiger partial charge in [0, 0.05) is 5.56 Å². The maximum atomic E-state index is 12.5. The number of carbonyl (C=O) groups excluding carboxylic acids is 5. The molecule has 8 nitrogen and oxygen atoms in total. The summed E-state index contributed by atoms with van der Waals surface area (Å²) in [5.74, 6) is -3.66. The molecule has 0 bridgehead atoms. The standard InChI is InChI=1S/C20H22N2O6/c1-12(22-18(25)14-9-5-6-10-15(14)19(22)26)20(27)28-11-16(23)21-17(24)13-7-3-2-4-8-13/h2-4,7-8,12,14-15H,5-6,9-11H2,1H3,(H,21,23,24)/t12-,14-,15+/m0/s1. The number of nitrogens with zero attached hydrogens (tertiary/aromatic N) is 1. The van der Waals surface area contributed by atoms with E-state index in [9.17, 15) is 24.0 Å². The summed E-state index contributed by atoms with van der Waals surface area (Å²) < 4.78 is 4.92. The molecule has 1 aromatic carbocycles. The lowest BCUT2D eigenvalue weighted by Gasteiger charge is -2.21. The average molecular weight is 386 g/mol. The summed E-state index contributed by atoms with van der Waals surface area (Å²) in [6.07, 6.45) is 3.08. The SMILES string of the molecule is C[C@@H](C(=O)OCC(=O)NC(=O)c1ccccc1)N1C(=O)[C@H]2CCCC[C@H]2C1=O. The van der Waals surface area contributed by atoms with Gasteiger partial charge in [0.25, 0.3) is 11.8 Å². The Morgan fingerprint density at radius 1 is 1.07 bits per heavy atom. The van der Waals surface area contributed by atoms with Crippen LogP contribution in [0.1, 0.15) is 43.0 Å². The molecule has 4 amide bonds. The van der Waals surface area contributed by atoms with Gasteiger partial charge in [0.1, 0.15) is 6.04 Å². The largest absolute Gasteiger partial charge is 0.454 e. The molecule has 1 aliphatic heterocycles. The van der Waals surface area contributed by atoms with Gasteiger partial charge in [-0.15, -0.1) is 0 Å². The molecule has 3 rings (SSSR count). The number of esters is 1. The van der Waals surface area contributed by atoms with E-state index in [1.807, 2.05) is 0 Å². The highest BCUT2D eigenvalue weighted by Crippen LogP contribution is 2.38. The second-order valence-corrected chi connectivity index (χ2v) is 7.07. The van der Waals surface area contributed by atoms with Crippen LogP contribution < -0.4 is 5.32 Å². The number of carbonyl (C=O) groups is 5. The first-order valence-corrected chi connectivity index (χ1v) is 9.33. The fraction of sp³-hybridized carbons (Fsp3) is 0.450. The van der Waals surface area contributed by atoms with Crippen molar-refractivity contribution in [2.24, 2.45) is 11.8 Å². The third-order valence-electron chi connectivity index (χ3n) is 5.24. The minimum Gasteiger partial charge on any atom is -0.454 e. The van der Waals surface area contributed by atoms with Crippen LogP contribution in [0.15, 0.2) is 30.3 Å². The van der Waals surface area contributed by atoms with Crippen LogP contribution in [0.2, 0.25) is 0 Å². The molecule has 1 N–H and O–H groups in total. The molecule has 0 aromatic heterocycles. The summed E-state index contributed by atoms with van der Waals surface area (Å²) in [6, 6.07) is 7.02. The van der Waals surface area contributed by atoms with E-state index < -0.39 is 30.4 Å². The van der Waals surface area contributed by atoms with Crippen LogP contribution in [0.25, 0.3) is 0 Å². The van der Waals surface area contributed by atoms with Crippen molar-refractivity contribution >= 4 is 29.6 Å². The number of amides is 4. The van der Waals surface area contributed by atoms with Crippen LogP contribution in [-0.2, 0) is 23.9 Å². The minimum atomic E-state index is -1.11. The number of rotatable bonds is 5. The number of imide groups is 2. The van der Waals surface area contributed by atoms with Crippen molar-refractivity contribution in [2.45, 2.75) is 38.6 Å². The van der Waals surface area contributed by atoms with Gasteiger partial charge in [-0.05, 0) is 31.9 Å². The van der Waals surface area contributed by atoms with Crippen molar-refractivity contribution in [3.8, 4) is 0 Å². The third kappa shape index (κ3) is 3.95. The van der Waals surface area contributed by atoms with Crippen LogP contribution >= 0.6 is 0 Å². The van der Waals surface area contributed by atoms with E-state index in [2.05, 4.69) is 5.32 Å². The molecule has 1 heterocycles. The summed E-state index contributed by atoms with van der Waals surface area (Å²) in [7, 11) is 0. The van der Waals surface area contributed by atoms with Crippen LogP contribution in [-0.4, -0.2) is 47.1 Å². The van der Waals surface area contributed by atoms with Crippen molar-refractivity contribution in [3.05, 3.63) is 35.9 Å². The van der Waals surface area contributed by atoms with E-state index in [0.717, 1.165) is 17.7 Å². The molecule has 148 valence electrons. The normalized spacial score (nSPS) is 22.4. The average Bonchev–Trinajstić information content (AvgIpc) is 2.97. The van der Waals surface area contributed by atoms with Crippen molar-refractivity contribution < 1.29 is 28.7 Å². The Kier molecular flexibility index (Phi) is 5.87. The molecule has 28 heavy (non-hydrogen) atoms. The third-order valence-corrected chi connectivity index (χ3v) is 5.24. The van der Waals surface area contributed by atoms with Gasteiger partial charge < -0.3 is 4.74 Å². The molecule has 2 fully saturated rings. The molecular weight excluding hydrogens is 364 g/mol. The second kappa shape index (κ2) is 8.33.